The van der Waals surface area contributed by atoms with Crippen LogP contribution in [0.25, 0.3) is 0 Å². The molecule has 0 atom stereocenters. The molecule has 1 rings (SSSR count). The molecular formula is C11H17Cl3O4. The van der Waals surface area contributed by atoms with Gasteiger partial charge in [-0.05, 0) is 24.3 Å². The van der Waals surface area contributed by atoms with Crippen molar-refractivity contribution >= 4 is 40.8 Å². The molecule has 1 aromatic carbocycles. The van der Waals surface area contributed by atoms with Crippen molar-refractivity contribution in [2.75, 3.05) is 18.9 Å². The third kappa shape index (κ3) is 29.5. The average Bonchev–Trinajstić information content (AvgIpc) is 2.35. The number of phenolic OH excluding ortho intramolecular Hbond substituents is 1. The number of alkyl halides is 2. The fourth-order valence-corrected chi connectivity index (χ4v) is 0.567. The van der Waals surface area contributed by atoms with Gasteiger partial charge in [-0.1, -0.05) is 11.6 Å². The molecule has 0 aromatic heterocycles. The smallest absolute Gasteiger partial charge is 0.300 e. The number of carbonyl (C=O) groups is 1. The second-order valence-electron chi connectivity index (χ2n) is 2.37. The van der Waals surface area contributed by atoms with Gasteiger partial charge in [-0.15, -0.1) is 23.2 Å². The SMILES string of the molecule is CC(=O)O.CO.ClCCCl.Oc1ccc(Cl)cc1. The van der Waals surface area contributed by atoms with Gasteiger partial charge in [0.1, 0.15) is 5.75 Å². The van der Waals surface area contributed by atoms with Crippen LogP contribution in [0.2, 0.25) is 5.02 Å². The largest absolute Gasteiger partial charge is 0.508 e. The second-order valence-corrected chi connectivity index (χ2v) is 3.57. The molecule has 0 amide bonds. The van der Waals surface area contributed by atoms with Gasteiger partial charge in [0.05, 0.1) is 0 Å². The number of aliphatic carboxylic acids is 1. The Morgan fingerprint density at radius 3 is 1.56 bits per heavy atom. The number of aliphatic hydroxyl groups is 1. The standard InChI is InChI=1S/C6H5ClO.C2H4Cl2.C2H4O2.CH4O/c7-5-1-3-6(8)4-2-5;3-1-2-4;1-2(3)4;1-2/h1-4,8H;1-2H2;1H3,(H,3,4);2H,1H3. The monoisotopic (exact) mass is 318 g/mol. The van der Waals surface area contributed by atoms with Crippen molar-refractivity contribution in [1.82, 2.24) is 0 Å². The highest BCUT2D eigenvalue weighted by molar-refractivity contribution is 6.30. The van der Waals surface area contributed by atoms with Crippen LogP contribution in [0.4, 0.5) is 0 Å². The number of benzene rings is 1. The minimum absolute atomic E-state index is 0.245. The number of aromatic hydroxyl groups is 1. The predicted octanol–water partition coefficient (Wildman–Crippen LogP) is 3.21. The molecule has 0 heterocycles. The first-order chi connectivity index (χ1) is 8.43. The Labute approximate surface area is 122 Å². The van der Waals surface area contributed by atoms with Gasteiger partial charge in [0, 0.05) is 30.8 Å². The van der Waals surface area contributed by atoms with E-state index in [0.29, 0.717) is 16.8 Å². The van der Waals surface area contributed by atoms with E-state index in [1.807, 2.05) is 0 Å². The lowest BCUT2D eigenvalue weighted by atomic mass is 10.3. The number of carboxylic acid groups (broad SMARTS) is 1. The van der Waals surface area contributed by atoms with Gasteiger partial charge in [-0.25, -0.2) is 0 Å². The van der Waals surface area contributed by atoms with Crippen LogP contribution in [0, 0.1) is 0 Å². The molecule has 0 aliphatic carbocycles. The first-order valence-corrected chi connectivity index (χ1v) is 6.09. The molecule has 0 bridgehead atoms. The lowest BCUT2D eigenvalue weighted by Gasteiger charge is -1.87. The summed E-state index contributed by atoms with van der Waals surface area (Å²) in [7, 11) is 1.00. The third-order valence-corrected chi connectivity index (χ3v) is 1.72. The van der Waals surface area contributed by atoms with E-state index in [-0.39, 0.29) is 5.75 Å². The molecule has 0 saturated carbocycles. The van der Waals surface area contributed by atoms with Crippen LogP contribution in [0.15, 0.2) is 24.3 Å². The summed E-state index contributed by atoms with van der Waals surface area (Å²) < 4.78 is 0. The van der Waals surface area contributed by atoms with Crippen LogP contribution in [0.3, 0.4) is 0 Å². The fourth-order valence-electron chi connectivity index (χ4n) is 0.441. The van der Waals surface area contributed by atoms with Crippen LogP contribution >= 0.6 is 34.8 Å². The van der Waals surface area contributed by atoms with Gasteiger partial charge in [0.2, 0.25) is 0 Å². The van der Waals surface area contributed by atoms with E-state index in [9.17, 15) is 0 Å². The van der Waals surface area contributed by atoms with Crippen LogP contribution in [0.5, 0.6) is 5.75 Å². The number of carboxylic acids is 1. The zero-order valence-corrected chi connectivity index (χ0v) is 12.4. The molecule has 1 aromatic rings. The van der Waals surface area contributed by atoms with Crippen molar-refractivity contribution in [3.8, 4) is 5.75 Å². The van der Waals surface area contributed by atoms with Gasteiger partial charge in [-0.3, -0.25) is 4.79 Å². The van der Waals surface area contributed by atoms with E-state index in [1.165, 1.54) is 0 Å². The lowest BCUT2D eigenvalue weighted by molar-refractivity contribution is -0.134. The summed E-state index contributed by atoms with van der Waals surface area (Å²) in [5.74, 6) is 0.526. The molecule has 106 valence electrons. The Morgan fingerprint density at radius 2 is 1.39 bits per heavy atom. The first kappa shape index (κ1) is 22.5. The quantitative estimate of drug-likeness (QED) is 0.695. The Kier molecular flexibility index (Phi) is 23.3. The fraction of sp³-hybridized carbons (Fsp3) is 0.364. The van der Waals surface area contributed by atoms with Crippen molar-refractivity contribution in [2.24, 2.45) is 0 Å². The molecule has 3 N–H and O–H groups in total. The van der Waals surface area contributed by atoms with Gasteiger partial charge in [-0.2, -0.15) is 0 Å². The van der Waals surface area contributed by atoms with Gasteiger partial charge >= 0.3 is 0 Å². The van der Waals surface area contributed by atoms with Gasteiger partial charge < -0.3 is 15.3 Å². The number of hydrogen-bond acceptors (Lipinski definition) is 3. The number of phenols is 1. The summed E-state index contributed by atoms with van der Waals surface area (Å²) in [4.78, 5) is 9.00. The van der Waals surface area contributed by atoms with Crippen molar-refractivity contribution in [3.05, 3.63) is 29.3 Å². The molecule has 18 heavy (non-hydrogen) atoms. The minimum Gasteiger partial charge on any atom is -0.508 e. The number of rotatable bonds is 1. The maximum atomic E-state index is 9.00. The van der Waals surface area contributed by atoms with Crippen LogP contribution in [-0.2, 0) is 4.79 Å². The summed E-state index contributed by atoms with van der Waals surface area (Å²) in [6.07, 6.45) is 0. The molecule has 4 nitrogen and oxygen atoms in total. The Bertz CT molecular complexity index is 251. The zero-order chi connectivity index (χ0) is 15.0. The molecule has 0 fully saturated rings. The van der Waals surface area contributed by atoms with Crippen LogP contribution < -0.4 is 0 Å². The highest BCUT2D eigenvalue weighted by atomic mass is 35.5. The molecule has 0 saturated heterocycles. The molecular weight excluding hydrogens is 302 g/mol. The van der Waals surface area contributed by atoms with Crippen molar-refractivity contribution in [3.63, 3.8) is 0 Å². The first-order valence-electron chi connectivity index (χ1n) is 4.64. The molecule has 0 aliphatic heterocycles. The van der Waals surface area contributed by atoms with E-state index in [0.717, 1.165) is 14.0 Å². The summed E-state index contributed by atoms with van der Waals surface area (Å²) in [5, 5.41) is 23.8. The Morgan fingerprint density at radius 1 is 1.11 bits per heavy atom. The molecule has 0 spiro atoms. The summed E-state index contributed by atoms with van der Waals surface area (Å²) in [6, 6.07) is 6.36. The van der Waals surface area contributed by atoms with E-state index < -0.39 is 5.97 Å². The summed E-state index contributed by atoms with van der Waals surface area (Å²) >= 11 is 15.6. The highest BCUT2D eigenvalue weighted by Gasteiger charge is 1.84. The lowest BCUT2D eigenvalue weighted by Crippen LogP contribution is -1.78. The van der Waals surface area contributed by atoms with Crippen molar-refractivity contribution in [2.45, 2.75) is 6.92 Å². The Balaban J connectivity index is -0.000000194. The molecule has 0 aliphatic rings. The minimum atomic E-state index is -0.833. The maximum absolute atomic E-state index is 9.00. The van der Waals surface area contributed by atoms with E-state index in [2.05, 4.69) is 0 Å². The topological polar surface area (TPSA) is 77.8 Å². The number of halogens is 3. The van der Waals surface area contributed by atoms with Crippen molar-refractivity contribution in [1.29, 1.82) is 0 Å². The van der Waals surface area contributed by atoms with E-state index >= 15 is 0 Å². The van der Waals surface area contributed by atoms with E-state index in [4.69, 9.17) is 54.9 Å². The highest BCUT2D eigenvalue weighted by Crippen LogP contribution is 2.12. The Hall–Kier alpha value is -0.680. The summed E-state index contributed by atoms with van der Waals surface area (Å²) in [5.41, 5.74) is 0. The third-order valence-electron chi connectivity index (χ3n) is 0.898. The van der Waals surface area contributed by atoms with Crippen LogP contribution in [-0.4, -0.2) is 40.2 Å². The molecule has 0 unspecified atom stereocenters. The van der Waals surface area contributed by atoms with Crippen LogP contribution in [0.1, 0.15) is 6.92 Å². The average molecular weight is 320 g/mol. The second kappa shape index (κ2) is 18.7. The maximum Gasteiger partial charge on any atom is 0.300 e. The van der Waals surface area contributed by atoms with E-state index in [1.54, 1.807) is 24.3 Å². The molecule has 7 heteroatoms. The van der Waals surface area contributed by atoms with Gasteiger partial charge in [0.15, 0.2) is 0 Å². The number of hydrogen-bond donors (Lipinski definition) is 3. The normalized spacial score (nSPS) is 7.44. The predicted molar refractivity (Wildman–Crippen MR) is 76.0 cm³/mol. The number of aliphatic hydroxyl groups excluding tert-OH is 1. The summed E-state index contributed by atoms with van der Waals surface area (Å²) in [6.45, 7) is 1.08. The van der Waals surface area contributed by atoms with Gasteiger partial charge in [0.25, 0.3) is 5.97 Å². The van der Waals surface area contributed by atoms with Crippen molar-refractivity contribution < 1.29 is 20.1 Å². The zero-order valence-electron chi connectivity index (χ0n) is 10.1. The molecule has 0 radical (unpaired) electrons.